The van der Waals surface area contributed by atoms with E-state index in [0.717, 1.165) is 23.8 Å². The number of nitrogens with one attached hydrogen (secondary N) is 1. The summed E-state index contributed by atoms with van der Waals surface area (Å²) < 4.78 is 0. The summed E-state index contributed by atoms with van der Waals surface area (Å²) in [5.41, 5.74) is 0.596. The highest BCUT2D eigenvalue weighted by Crippen LogP contribution is 2.44. The zero-order chi connectivity index (χ0) is 13.9. The van der Waals surface area contributed by atoms with Crippen molar-refractivity contribution in [3.8, 4) is 0 Å². The van der Waals surface area contributed by atoms with E-state index in [1.54, 1.807) is 0 Å². The molecule has 0 aromatic carbocycles. The molecule has 0 bridgehead atoms. The molecule has 0 amide bonds. The smallest absolute Gasteiger partial charge is 0.00683 e. The van der Waals surface area contributed by atoms with Crippen LogP contribution in [0.1, 0.15) is 79.1 Å². The quantitative estimate of drug-likeness (QED) is 0.682. The summed E-state index contributed by atoms with van der Waals surface area (Å²) >= 11 is 0. The van der Waals surface area contributed by atoms with Crippen molar-refractivity contribution in [2.45, 2.75) is 85.1 Å². The number of hydrogen-bond acceptors (Lipinski definition) is 1. The second kappa shape index (κ2) is 6.61. The molecule has 0 saturated heterocycles. The van der Waals surface area contributed by atoms with Gasteiger partial charge < -0.3 is 5.32 Å². The van der Waals surface area contributed by atoms with Crippen molar-refractivity contribution < 1.29 is 0 Å². The maximum atomic E-state index is 3.78. The lowest BCUT2D eigenvalue weighted by molar-refractivity contribution is 0.107. The molecule has 2 unspecified atom stereocenters. The summed E-state index contributed by atoms with van der Waals surface area (Å²) in [6.07, 6.45) is 11.5. The summed E-state index contributed by atoms with van der Waals surface area (Å²) in [4.78, 5) is 0. The van der Waals surface area contributed by atoms with Crippen LogP contribution in [0.25, 0.3) is 0 Å². The van der Waals surface area contributed by atoms with Crippen molar-refractivity contribution in [2.24, 2.45) is 23.2 Å². The van der Waals surface area contributed by atoms with Gasteiger partial charge in [0.2, 0.25) is 0 Å². The summed E-state index contributed by atoms with van der Waals surface area (Å²) in [6, 6.07) is 0.881. The Hall–Kier alpha value is -0.0400. The molecule has 2 saturated carbocycles. The summed E-state index contributed by atoms with van der Waals surface area (Å²) in [5.74, 6) is 2.81. The van der Waals surface area contributed by atoms with Gasteiger partial charge in [0.1, 0.15) is 0 Å². The van der Waals surface area contributed by atoms with Crippen molar-refractivity contribution in [3.05, 3.63) is 0 Å². The minimum absolute atomic E-state index is 0.596. The molecule has 0 spiro atoms. The predicted octanol–water partition coefficient (Wildman–Crippen LogP) is 5.01. The molecule has 0 aromatic rings. The van der Waals surface area contributed by atoms with Gasteiger partial charge in [-0.25, -0.2) is 0 Å². The molecule has 2 atom stereocenters. The average molecular weight is 265 g/mol. The van der Waals surface area contributed by atoms with E-state index < -0.39 is 0 Å². The first-order valence-electron chi connectivity index (χ1n) is 8.70. The molecular weight excluding hydrogens is 230 g/mol. The molecule has 0 aliphatic heterocycles. The molecule has 2 aliphatic rings. The molecule has 0 radical (unpaired) electrons. The molecule has 0 aromatic heterocycles. The summed E-state index contributed by atoms with van der Waals surface area (Å²) in [5, 5.41) is 3.78. The average Bonchev–Trinajstić information content (AvgIpc) is 3.10. The molecule has 1 nitrogen and oxygen atoms in total. The Morgan fingerprint density at radius 2 is 1.84 bits per heavy atom. The third-order valence-electron chi connectivity index (χ3n) is 5.28. The van der Waals surface area contributed by atoms with E-state index in [4.69, 9.17) is 0 Å². The predicted molar refractivity (Wildman–Crippen MR) is 84.3 cm³/mol. The first kappa shape index (κ1) is 15.4. The van der Waals surface area contributed by atoms with E-state index in [1.807, 2.05) is 0 Å². The van der Waals surface area contributed by atoms with Crippen LogP contribution in [-0.4, -0.2) is 12.6 Å². The Morgan fingerprint density at radius 1 is 1.11 bits per heavy atom. The van der Waals surface area contributed by atoms with Crippen LogP contribution in [0, 0.1) is 23.2 Å². The van der Waals surface area contributed by atoms with E-state index in [2.05, 4.69) is 33.0 Å². The van der Waals surface area contributed by atoms with Gasteiger partial charge in [-0.05, 0) is 61.8 Å². The maximum Gasteiger partial charge on any atom is 0.00683 e. The Morgan fingerprint density at radius 3 is 2.47 bits per heavy atom. The highest BCUT2D eigenvalue weighted by molar-refractivity contribution is 4.88. The molecule has 112 valence electrons. The minimum Gasteiger partial charge on any atom is -0.314 e. The van der Waals surface area contributed by atoms with Gasteiger partial charge in [0, 0.05) is 6.04 Å². The van der Waals surface area contributed by atoms with Gasteiger partial charge in [0.05, 0.1) is 0 Å². The van der Waals surface area contributed by atoms with Gasteiger partial charge in [-0.3, -0.25) is 0 Å². The Balaban J connectivity index is 1.79. The standard InChI is InChI=1S/C18H35N/c1-14(2)6-5-7-15-12-18(3,4)11-10-16(15)13-19-17-8-9-17/h14-17,19H,5-13H2,1-4H3. The number of rotatable bonds is 7. The molecule has 2 rings (SSSR count). The summed E-state index contributed by atoms with van der Waals surface area (Å²) in [7, 11) is 0. The van der Waals surface area contributed by atoms with Gasteiger partial charge in [-0.1, -0.05) is 47.0 Å². The van der Waals surface area contributed by atoms with Gasteiger partial charge in [-0.2, -0.15) is 0 Å². The van der Waals surface area contributed by atoms with Crippen LogP contribution in [0.3, 0.4) is 0 Å². The van der Waals surface area contributed by atoms with E-state index in [-0.39, 0.29) is 0 Å². The normalized spacial score (nSPS) is 30.8. The third-order valence-corrected chi connectivity index (χ3v) is 5.28. The molecule has 19 heavy (non-hydrogen) atoms. The molecule has 1 heteroatoms. The maximum absolute atomic E-state index is 3.78. The van der Waals surface area contributed by atoms with Crippen molar-refractivity contribution in [3.63, 3.8) is 0 Å². The van der Waals surface area contributed by atoms with Gasteiger partial charge in [-0.15, -0.1) is 0 Å². The van der Waals surface area contributed by atoms with Crippen LogP contribution < -0.4 is 5.32 Å². The van der Waals surface area contributed by atoms with Crippen LogP contribution in [0.4, 0.5) is 0 Å². The van der Waals surface area contributed by atoms with E-state index in [1.165, 1.54) is 57.9 Å². The lowest BCUT2D eigenvalue weighted by atomic mass is 9.65. The minimum atomic E-state index is 0.596. The molecule has 0 heterocycles. The van der Waals surface area contributed by atoms with Crippen LogP contribution in [0.5, 0.6) is 0 Å². The van der Waals surface area contributed by atoms with E-state index in [9.17, 15) is 0 Å². The first-order valence-corrected chi connectivity index (χ1v) is 8.70. The fourth-order valence-electron chi connectivity index (χ4n) is 3.79. The molecule has 1 N–H and O–H groups in total. The zero-order valence-electron chi connectivity index (χ0n) is 13.7. The van der Waals surface area contributed by atoms with E-state index in [0.29, 0.717) is 5.41 Å². The van der Waals surface area contributed by atoms with Crippen LogP contribution >= 0.6 is 0 Å². The van der Waals surface area contributed by atoms with Crippen molar-refractivity contribution in [1.82, 2.24) is 5.32 Å². The topological polar surface area (TPSA) is 12.0 Å². The lowest BCUT2D eigenvalue weighted by Gasteiger charge is -2.41. The molecule has 2 aliphatic carbocycles. The Labute approximate surface area is 120 Å². The van der Waals surface area contributed by atoms with Crippen molar-refractivity contribution in [2.75, 3.05) is 6.54 Å². The lowest BCUT2D eigenvalue weighted by Crippen LogP contribution is -2.36. The molecular formula is C18H35N. The second-order valence-corrected chi connectivity index (χ2v) is 8.43. The van der Waals surface area contributed by atoms with Crippen LogP contribution in [-0.2, 0) is 0 Å². The zero-order valence-corrected chi connectivity index (χ0v) is 13.7. The fraction of sp³-hybridized carbons (Fsp3) is 1.00. The fourth-order valence-corrected chi connectivity index (χ4v) is 3.79. The first-order chi connectivity index (χ1) is 8.96. The Bertz CT molecular complexity index is 263. The summed E-state index contributed by atoms with van der Waals surface area (Å²) in [6.45, 7) is 11.0. The van der Waals surface area contributed by atoms with Gasteiger partial charge in [0.15, 0.2) is 0 Å². The number of hydrogen-bond donors (Lipinski definition) is 1. The molecule has 2 fully saturated rings. The third kappa shape index (κ3) is 5.45. The highest BCUT2D eigenvalue weighted by Gasteiger charge is 2.35. The van der Waals surface area contributed by atoms with Crippen molar-refractivity contribution in [1.29, 1.82) is 0 Å². The van der Waals surface area contributed by atoms with Gasteiger partial charge >= 0.3 is 0 Å². The monoisotopic (exact) mass is 265 g/mol. The highest BCUT2D eigenvalue weighted by atomic mass is 14.9. The SMILES string of the molecule is CC(C)CCCC1CC(C)(C)CCC1CNC1CC1. The van der Waals surface area contributed by atoms with Crippen molar-refractivity contribution >= 4 is 0 Å². The van der Waals surface area contributed by atoms with Gasteiger partial charge in [0.25, 0.3) is 0 Å². The van der Waals surface area contributed by atoms with Crippen LogP contribution in [0.2, 0.25) is 0 Å². The van der Waals surface area contributed by atoms with Crippen LogP contribution in [0.15, 0.2) is 0 Å². The Kier molecular flexibility index (Phi) is 5.34. The second-order valence-electron chi connectivity index (χ2n) is 8.43. The van der Waals surface area contributed by atoms with E-state index >= 15 is 0 Å². The largest absolute Gasteiger partial charge is 0.314 e.